The van der Waals surface area contributed by atoms with Gasteiger partial charge in [-0.2, -0.15) is 0 Å². The molecule has 0 atom stereocenters. The van der Waals surface area contributed by atoms with Crippen LogP contribution in [0.5, 0.6) is 11.5 Å². The molecule has 0 aromatic heterocycles. The van der Waals surface area contributed by atoms with Crippen molar-refractivity contribution < 1.29 is 19.1 Å². The Morgan fingerprint density at radius 1 is 1.00 bits per heavy atom. The third-order valence-electron chi connectivity index (χ3n) is 3.66. The lowest BCUT2D eigenvalue weighted by molar-refractivity contribution is 0.0961. The first-order chi connectivity index (χ1) is 13.0. The van der Waals surface area contributed by atoms with Crippen molar-refractivity contribution in [2.24, 2.45) is 0 Å². The lowest BCUT2D eigenvalue weighted by Gasteiger charge is -2.13. The van der Waals surface area contributed by atoms with Gasteiger partial charge in [0.1, 0.15) is 0 Å². The second-order valence-electron chi connectivity index (χ2n) is 5.67. The zero-order valence-electron chi connectivity index (χ0n) is 15.6. The highest BCUT2D eigenvalue weighted by atomic mass is 35.5. The summed E-state index contributed by atoms with van der Waals surface area (Å²) in [5, 5.41) is 5.58. The van der Waals surface area contributed by atoms with E-state index in [-0.39, 0.29) is 17.4 Å². The van der Waals surface area contributed by atoms with E-state index in [9.17, 15) is 9.59 Å². The molecule has 0 spiro atoms. The van der Waals surface area contributed by atoms with E-state index in [0.717, 1.165) is 6.42 Å². The molecule has 2 aromatic carbocycles. The Morgan fingerprint density at radius 3 is 2.44 bits per heavy atom. The van der Waals surface area contributed by atoms with Crippen LogP contribution in [0.2, 0.25) is 5.02 Å². The fraction of sp³-hybridized carbons (Fsp3) is 0.300. The number of ether oxygens (including phenoxy) is 2. The van der Waals surface area contributed by atoms with Gasteiger partial charge in [0, 0.05) is 18.3 Å². The van der Waals surface area contributed by atoms with E-state index < -0.39 is 0 Å². The normalized spacial score (nSPS) is 10.2. The summed E-state index contributed by atoms with van der Waals surface area (Å²) in [7, 11) is 1.52. The molecule has 0 radical (unpaired) electrons. The first-order valence-electron chi connectivity index (χ1n) is 8.72. The molecular formula is C20H23ClN2O4. The fourth-order valence-corrected chi connectivity index (χ4v) is 2.57. The zero-order chi connectivity index (χ0) is 19.8. The molecule has 0 bridgehead atoms. The third kappa shape index (κ3) is 5.37. The standard InChI is InChI=1S/C20H23ClN2O4/c1-4-10-27-17-9-6-13(11-18(17)26-5-2)19(24)23-14-7-8-16(21)15(12-14)20(25)22-3/h6-9,11-12H,4-5,10H2,1-3H3,(H,22,25)(H,23,24). The van der Waals surface area contributed by atoms with Crippen LogP contribution in [0, 0.1) is 0 Å². The summed E-state index contributed by atoms with van der Waals surface area (Å²) >= 11 is 6.03. The van der Waals surface area contributed by atoms with Gasteiger partial charge in [0.15, 0.2) is 11.5 Å². The van der Waals surface area contributed by atoms with Gasteiger partial charge >= 0.3 is 0 Å². The second kappa shape index (κ2) is 9.83. The maximum absolute atomic E-state index is 12.6. The number of hydrogen-bond acceptors (Lipinski definition) is 4. The van der Waals surface area contributed by atoms with Crippen LogP contribution in [-0.4, -0.2) is 32.1 Å². The minimum Gasteiger partial charge on any atom is -0.490 e. The van der Waals surface area contributed by atoms with Gasteiger partial charge < -0.3 is 20.1 Å². The number of benzene rings is 2. The molecule has 0 aliphatic rings. The minimum atomic E-state index is -0.330. The average Bonchev–Trinajstić information content (AvgIpc) is 2.68. The SMILES string of the molecule is CCCOc1ccc(C(=O)Nc2ccc(Cl)c(C(=O)NC)c2)cc1OCC. The highest BCUT2D eigenvalue weighted by Crippen LogP contribution is 2.29. The van der Waals surface area contributed by atoms with Crippen LogP contribution in [0.3, 0.4) is 0 Å². The third-order valence-corrected chi connectivity index (χ3v) is 3.99. The molecule has 6 nitrogen and oxygen atoms in total. The maximum atomic E-state index is 12.6. The summed E-state index contributed by atoms with van der Waals surface area (Å²) in [5.41, 5.74) is 1.17. The van der Waals surface area contributed by atoms with Gasteiger partial charge in [0.25, 0.3) is 11.8 Å². The Bertz CT molecular complexity index is 824. The van der Waals surface area contributed by atoms with Gasteiger partial charge in [-0.3, -0.25) is 9.59 Å². The Hall–Kier alpha value is -2.73. The first-order valence-corrected chi connectivity index (χ1v) is 9.10. The lowest BCUT2D eigenvalue weighted by Crippen LogP contribution is -2.19. The van der Waals surface area contributed by atoms with Crippen LogP contribution in [-0.2, 0) is 0 Å². The van der Waals surface area contributed by atoms with E-state index in [1.165, 1.54) is 13.1 Å². The number of anilines is 1. The smallest absolute Gasteiger partial charge is 0.255 e. The van der Waals surface area contributed by atoms with Gasteiger partial charge in [-0.15, -0.1) is 0 Å². The Morgan fingerprint density at radius 2 is 1.78 bits per heavy atom. The molecule has 7 heteroatoms. The van der Waals surface area contributed by atoms with Gasteiger partial charge in [-0.05, 0) is 49.7 Å². The minimum absolute atomic E-state index is 0.287. The van der Waals surface area contributed by atoms with Crippen LogP contribution < -0.4 is 20.1 Å². The largest absolute Gasteiger partial charge is 0.490 e. The molecule has 2 amide bonds. The number of rotatable bonds is 8. The molecule has 0 saturated heterocycles. The summed E-state index contributed by atoms with van der Waals surface area (Å²) in [6.45, 7) is 4.91. The summed E-state index contributed by atoms with van der Waals surface area (Å²) in [4.78, 5) is 24.4. The summed E-state index contributed by atoms with van der Waals surface area (Å²) in [6, 6.07) is 9.75. The summed E-state index contributed by atoms with van der Waals surface area (Å²) in [5.74, 6) is 0.458. The molecule has 0 saturated carbocycles. The Kier molecular flexibility index (Phi) is 7.49. The highest BCUT2D eigenvalue weighted by Gasteiger charge is 2.14. The molecule has 2 rings (SSSR count). The number of carbonyl (C=O) groups is 2. The molecule has 27 heavy (non-hydrogen) atoms. The van der Waals surface area contributed by atoms with Crippen molar-refractivity contribution in [2.75, 3.05) is 25.6 Å². The van der Waals surface area contributed by atoms with Gasteiger partial charge in [-0.1, -0.05) is 18.5 Å². The van der Waals surface area contributed by atoms with Crippen LogP contribution >= 0.6 is 11.6 Å². The molecule has 0 aliphatic carbocycles. The molecule has 0 heterocycles. The van der Waals surface area contributed by atoms with Crippen LogP contribution in [0.25, 0.3) is 0 Å². The van der Waals surface area contributed by atoms with Crippen molar-refractivity contribution in [3.05, 3.63) is 52.5 Å². The molecule has 2 N–H and O–H groups in total. The van der Waals surface area contributed by atoms with E-state index in [2.05, 4.69) is 10.6 Å². The average molecular weight is 391 g/mol. The van der Waals surface area contributed by atoms with Crippen molar-refractivity contribution in [3.8, 4) is 11.5 Å². The number of hydrogen-bond donors (Lipinski definition) is 2. The Labute approximate surface area is 163 Å². The van der Waals surface area contributed by atoms with Crippen molar-refractivity contribution in [3.63, 3.8) is 0 Å². The number of carbonyl (C=O) groups excluding carboxylic acids is 2. The predicted molar refractivity (Wildman–Crippen MR) is 106 cm³/mol. The van der Waals surface area contributed by atoms with Crippen molar-refractivity contribution in [1.29, 1.82) is 0 Å². The predicted octanol–water partition coefficient (Wildman–Crippen LogP) is 4.14. The quantitative estimate of drug-likeness (QED) is 0.710. The van der Waals surface area contributed by atoms with Gasteiger partial charge in [0.2, 0.25) is 0 Å². The van der Waals surface area contributed by atoms with E-state index in [4.69, 9.17) is 21.1 Å². The van der Waals surface area contributed by atoms with Crippen molar-refractivity contribution in [1.82, 2.24) is 5.32 Å². The molecule has 144 valence electrons. The van der Waals surface area contributed by atoms with E-state index in [1.54, 1.807) is 30.3 Å². The summed E-state index contributed by atoms with van der Waals surface area (Å²) in [6.07, 6.45) is 0.873. The highest BCUT2D eigenvalue weighted by molar-refractivity contribution is 6.34. The molecule has 2 aromatic rings. The second-order valence-corrected chi connectivity index (χ2v) is 6.08. The molecule has 0 aliphatic heterocycles. The van der Waals surface area contributed by atoms with Crippen LogP contribution in [0.1, 0.15) is 41.0 Å². The van der Waals surface area contributed by atoms with Gasteiger partial charge in [0.05, 0.1) is 23.8 Å². The van der Waals surface area contributed by atoms with Crippen LogP contribution in [0.4, 0.5) is 5.69 Å². The number of amides is 2. The zero-order valence-corrected chi connectivity index (χ0v) is 16.4. The van der Waals surface area contributed by atoms with Crippen molar-refractivity contribution >= 4 is 29.1 Å². The van der Waals surface area contributed by atoms with E-state index >= 15 is 0 Å². The molecule has 0 unspecified atom stereocenters. The van der Waals surface area contributed by atoms with E-state index in [0.29, 0.717) is 41.0 Å². The molecular weight excluding hydrogens is 368 g/mol. The first kappa shape index (κ1) is 20.6. The fourth-order valence-electron chi connectivity index (χ4n) is 2.36. The number of halogens is 1. The van der Waals surface area contributed by atoms with E-state index in [1.807, 2.05) is 13.8 Å². The maximum Gasteiger partial charge on any atom is 0.255 e. The van der Waals surface area contributed by atoms with Gasteiger partial charge in [-0.25, -0.2) is 0 Å². The monoisotopic (exact) mass is 390 g/mol. The van der Waals surface area contributed by atoms with Crippen LogP contribution in [0.15, 0.2) is 36.4 Å². The molecule has 0 fully saturated rings. The number of nitrogens with one attached hydrogen (secondary N) is 2. The summed E-state index contributed by atoms with van der Waals surface area (Å²) < 4.78 is 11.2. The van der Waals surface area contributed by atoms with Crippen molar-refractivity contribution in [2.45, 2.75) is 20.3 Å². The topological polar surface area (TPSA) is 76.7 Å². The Balaban J connectivity index is 2.22. The lowest BCUT2D eigenvalue weighted by atomic mass is 10.1.